The summed E-state index contributed by atoms with van der Waals surface area (Å²) in [7, 11) is 1.34. The Morgan fingerprint density at radius 2 is 2.00 bits per heavy atom. The van der Waals surface area contributed by atoms with Gasteiger partial charge in [0.1, 0.15) is 0 Å². The van der Waals surface area contributed by atoms with Crippen LogP contribution in [0.1, 0.15) is 11.1 Å². The average molecular weight is 233 g/mol. The van der Waals surface area contributed by atoms with Crippen molar-refractivity contribution in [3.05, 3.63) is 33.3 Å². The fraction of sp³-hybridized carbons (Fsp3) is 0.300. The molecular weight excluding hydrogens is 223 g/mol. The van der Waals surface area contributed by atoms with Crippen molar-refractivity contribution in [2.75, 3.05) is 7.11 Å². The molecule has 4 heteroatoms. The SMILES string of the molecule is COC(=O)Cc1ccc(C)c(Cl)c1Cl. The second-order valence-corrected chi connectivity index (χ2v) is 3.68. The van der Waals surface area contributed by atoms with E-state index < -0.39 is 0 Å². The average Bonchev–Trinajstić information content (AvgIpc) is 2.19. The van der Waals surface area contributed by atoms with Crippen LogP contribution in [0.2, 0.25) is 10.0 Å². The molecule has 0 aliphatic rings. The normalized spacial score (nSPS) is 10.0. The number of carbonyl (C=O) groups excluding carboxylic acids is 1. The Morgan fingerprint density at radius 1 is 1.36 bits per heavy atom. The molecule has 0 atom stereocenters. The van der Waals surface area contributed by atoms with Gasteiger partial charge in [0, 0.05) is 0 Å². The van der Waals surface area contributed by atoms with Gasteiger partial charge in [0.05, 0.1) is 23.6 Å². The van der Waals surface area contributed by atoms with Gasteiger partial charge >= 0.3 is 5.97 Å². The third kappa shape index (κ3) is 2.40. The Labute approximate surface area is 92.8 Å². The van der Waals surface area contributed by atoms with Gasteiger partial charge in [-0.05, 0) is 18.1 Å². The third-order valence-corrected chi connectivity index (χ3v) is 2.93. The lowest BCUT2D eigenvalue weighted by molar-refractivity contribution is -0.139. The highest BCUT2D eigenvalue weighted by Gasteiger charge is 2.10. The molecule has 0 saturated carbocycles. The zero-order valence-electron chi connectivity index (χ0n) is 7.93. The minimum absolute atomic E-state index is 0.148. The van der Waals surface area contributed by atoms with Crippen molar-refractivity contribution in [2.24, 2.45) is 0 Å². The molecule has 0 N–H and O–H groups in total. The van der Waals surface area contributed by atoms with Crippen molar-refractivity contribution in [1.29, 1.82) is 0 Å². The van der Waals surface area contributed by atoms with Gasteiger partial charge in [-0.2, -0.15) is 0 Å². The van der Waals surface area contributed by atoms with E-state index in [1.807, 2.05) is 13.0 Å². The van der Waals surface area contributed by atoms with E-state index in [0.29, 0.717) is 15.6 Å². The predicted molar refractivity (Wildman–Crippen MR) is 56.9 cm³/mol. The van der Waals surface area contributed by atoms with E-state index in [1.54, 1.807) is 6.07 Å². The summed E-state index contributed by atoms with van der Waals surface area (Å²) in [5.74, 6) is -0.327. The quantitative estimate of drug-likeness (QED) is 0.734. The molecule has 0 aliphatic heterocycles. The van der Waals surface area contributed by atoms with Gasteiger partial charge in [-0.1, -0.05) is 35.3 Å². The first kappa shape index (κ1) is 11.3. The fourth-order valence-electron chi connectivity index (χ4n) is 1.05. The van der Waals surface area contributed by atoms with E-state index in [-0.39, 0.29) is 12.4 Å². The van der Waals surface area contributed by atoms with E-state index in [2.05, 4.69) is 4.74 Å². The number of aryl methyl sites for hydroxylation is 1. The highest BCUT2D eigenvalue weighted by atomic mass is 35.5. The van der Waals surface area contributed by atoms with Crippen LogP contribution in [0.5, 0.6) is 0 Å². The monoisotopic (exact) mass is 232 g/mol. The van der Waals surface area contributed by atoms with Gasteiger partial charge in [0.2, 0.25) is 0 Å². The van der Waals surface area contributed by atoms with Gasteiger partial charge in [-0.25, -0.2) is 0 Å². The Morgan fingerprint density at radius 3 is 2.57 bits per heavy atom. The number of hydrogen-bond acceptors (Lipinski definition) is 2. The summed E-state index contributed by atoms with van der Waals surface area (Å²) in [5, 5.41) is 0.921. The van der Waals surface area contributed by atoms with Crippen LogP contribution in [0.4, 0.5) is 0 Å². The van der Waals surface area contributed by atoms with Crippen molar-refractivity contribution in [3.8, 4) is 0 Å². The topological polar surface area (TPSA) is 26.3 Å². The molecule has 0 aromatic heterocycles. The van der Waals surface area contributed by atoms with Crippen LogP contribution in [0.25, 0.3) is 0 Å². The Kier molecular flexibility index (Phi) is 3.78. The molecule has 0 spiro atoms. The van der Waals surface area contributed by atoms with E-state index in [9.17, 15) is 4.79 Å². The lowest BCUT2D eigenvalue weighted by Gasteiger charge is -2.06. The molecule has 0 fully saturated rings. The molecular formula is C10H10Cl2O2. The maximum atomic E-state index is 11.0. The molecule has 0 bridgehead atoms. The van der Waals surface area contributed by atoms with Crippen molar-refractivity contribution in [2.45, 2.75) is 13.3 Å². The zero-order valence-corrected chi connectivity index (χ0v) is 9.45. The van der Waals surface area contributed by atoms with Crippen LogP contribution in [0, 0.1) is 6.92 Å². The predicted octanol–water partition coefficient (Wildman–Crippen LogP) is 3.02. The molecule has 1 rings (SSSR count). The van der Waals surface area contributed by atoms with Gasteiger partial charge in [0.25, 0.3) is 0 Å². The highest BCUT2D eigenvalue weighted by Crippen LogP contribution is 2.29. The van der Waals surface area contributed by atoms with Gasteiger partial charge in [-0.15, -0.1) is 0 Å². The van der Waals surface area contributed by atoms with Crippen molar-refractivity contribution in [1.82, 2.24) is 0 Å². The van der Waals surface area contributed by atoms with E-state index in [0.717, 1.165) is 5.56 Å². The summed E-state index contributed by atoms with van der Waals surface area (Å²) < 4.78 is 4.54. The molecule has 1 aromatic rings. The smallest absolute Gasteiger partial charge is 0.310 e. The number of benzene rings is 1. The second kappa shape index (κ2) is 4.67. The van der Waals surface area contributed by atoms with Crippen LogP contribution < -0.4 is 0 Å². The van der Waals surface area contributed by atoms with Crippen molar-refractivity contribution >= 4 is 29.2 Å². The summed E-state index contributed by atoms with van der Waals surface area (Å²) in [6.07, 6.45) is 0.148. The standard InChI is InChI=1S/C10H10Cl2O2/c1-6-3-4-7(5-8(13)14-2)10(12)9(6)11/h3-4H,5H2,1-2H3. The molecule has 0 saturated heterocycles. The molecule has 0 amide bonds. The molecule has 1 aromatic carbocycles. The molecule has 14 heavy (non-hydrogen) atoms. The first-order valence-electron chi connectivity index (χ1n) is 4.06. The molecule has 0 aliphatic carbocycles. The lowest BCUT2D eigenvalue weighted by Crippen LogP contribution is -2.05. The Bertz CT molecular complexity index is 361. The summed E-state index contributed by atoms with van der Waals surface area (Å²) in [4.78, 5) is 11.0. The second-order valence-electron chi connectivity index (χ2n) is 2.92. The molecule has 0 heterocycles. The van der Waals surface area contributed by atoms with Crippen LogP contribution in [-0.2, 0) is 16.0 Å². The molecule has 0 radical (unpaired) electrons. The van der Waals surface area contributed by atoms with E-state index in [4.69, 9.17) is 23.2 Å². The number of hydrogen-bond donors (Lipinski definition) is 0. The van der Waals surface area contributed by atoms with Crippen LogP contribution in [0.15, 0.2) is 12.1 Å². The summed E-state index contributed by atoms with van der Waals surface area (Å²) in [6.45, 7) is 1.86. The first-order chi connectivity index (χ1) is 6.56. The maximum absolute atomic E-state index is 11.0. The number of halogens is 2. The van der Waals surface area contributed by atoms with Crippen LogP contribution in [0.3, 0.4) is 0 Å². The summed E-state index contributed by atoms with van der Waals surface area (Å²) in [6, 6.07) is 3.60. The minimum Gasteiger partial charge on any atom is -0.469 e. The van der Waals surface area contributed by atoms with Crippen molar-refractivity contribution in [3.63, 3.8) is 0 Å². The highest BCUT2D eigenvalue weighted by molar-refractivity contribution is 6.43. The van der Waals surface area contributed by atoms with Gasteiger partial charge in [-0.3, -0.25) is 4.79 Å². The van der Waals surface area contributed by atoms with Gasteiger partial charge in [0.15, 0.2) is 0 Å². The van der Waals surface area contributed by atoms with E-state index in [1.165, 1.54) is 7.11 Å². The third-order valence-electron chi connectivity index (χ3n) is 1.92. The van der Waals surface area contributed by atoms with E-state index >= 15 is 0 Å². The number of methoxy groups -OCH3 is 1. The van der Waals surface area contributed by atoms with Crippen LogP contribution in [-0.4, -0.2) is 13.1 Å². The summed E-state index contributed by atoms with van der Waals surface area (Å²) in [5.41, 5.74) is 1.58. The molecule has 2 nitrogen and oxygen atoms in total. The molecule has 76 valence electrons. The number of ether oxygens (including phenoxy) is 1. The fourth-order valence-corrected chi connectivity index (χ4v) is 1.51. The van der Waals surface area contributed by atoms with Crippen LogP contribution >= 0.6 is 23.2 Å². The number of rotatable bonds is 2. The maximum Gasteiger partial charge on any atom is 0.310 e. The van der Waals surface area contributed by atoms with Crippen molar-refractivity contribution < 1.29 is 9.53 Å². The largest absolute Gasteiger partial charge is 0.469 e. The van der Waals surface area contributed by atoms with Gasteiger partial charge < -0.3 is 4.74 Å². The number of esters is 1. The first-order valence-corrected chi connectivity index (χ1v) is 4.82. The molecule has 0 unspecified atom stereocenters. The summed E-state index contributed by atoms with van der Waals surface area (Å²) >= 11 is 11.9. The Hall–Kier alpha value is -0.730. The lowest BCUT2D eigenvalue weighted by atomic mass is 10.1. The zero-order chi connectivity index (χ0) is 10.7. The Balaban J connectivity index is 3.00. The number of carbonyl (C=O) groups is 1. The minimum atomic E-state index is -0.327.